The van der Waals surface area contributed by atoms with E-state index < -0.39 is 6.17 Å². The first-order chi connectivity index (χ1) is 21.5. The minimum Gasteiger partial charge on any atom is -0.508 e. The molecule has 0 amide bonds. The van der Waals surface area contributed by atoms with E-state index in [0.29, 0.717) is 44.8 Å². The van der Waals surface area contributed by atoms with Crippen molar-refractivity contribution >= 4 is 40.3 Å². The molecule has 3 aromatic rings. The Labute approximate surface area is 260 Å². The number of fused-ring (bicyclic) bond motifs is 5. The van der Waals surface area contributed by atoms with E-state index in [0.717, 1.165) is 83.8 Å². The fraction of sp³-hybridized carbons (Fsp3) is 0.515. The Hall–Kier alpha value is -3.12. The lowest BCUT2D eigenvalue weighted by molar-refractivity contribution is 0.0516. The van der Waals surface area contributed by atoms with Gasteiger partial charge in [0.05, 0.1) is 47.1 Å². The van der Waals surface area contributed by atoms with Crippen LogP contribution in [0.15, 0.2) is 41.3 Å². The molecule has 4 atom stereocenters. The van der Waals surface area contributed by atoms with E-state index >= 15 is 0 Å². The molecule has 4 saturated heterocycles. The van der Waals surface area contributed by atoms with Crippen LogP contribution < -0.4 is 15.0 Å². The largest absolute Gasteiger partial charge is 0.508 e. The lowest BCUT2D eigenvalue weighted by Gasteiger charge is -2.47. The number of anilines is 1. The van der Waals surface area contributed by atoms with Crippen LogP contribution in [0.3, 0.4) is 0 Å². The third-order valence-corrected chi connectivity index (χ3v) is 11.5. The summed E-state index contributed by atoms with van der Waals surface area (Å²) in [7, 11) is 0. The number of hydrogen-bond donors (Lipinski definition) is 2. The van der Waals surface area contributed by atoms with Gasteiger partial charge < -0.3 is 29.1 Å². The van der Waals surface area contributed by atoms with Crippen LogP contribution in [0, 0.1) is 0 Å². The van der Waals surface area contributed by atoms with Crippen molar-refractivity contribution in [3.63, 3.8) is 0 Å². The lowest BCUT2D eigenvalue weighted by atomic mass is 9.95. The number of aromatic nitrogens is 2. The van der Waals surface area contributed by atoms with Gasteiger partial charge in [0.1, 0.15) is 18.5 Å². The molecule has 2 bridgehead atoms. The fourth-order valence-corrected chi connectivity index (χ4v) is 9.24. The highest BCUT2D eigenvalue weighted by Crippen LogP contribution is 2.51. The van der Waals surface area contributed by atoms with Gasteiger partial charge in [0.2, 0.25) is 0 Å². The van der Waals surface area contributed by atoms with Crippen LogP contribution in [0.4, 0.5) is 10.2 Å². The van der Waals surface area contributed by atoms with Crippen LogP contribution >= 0.6 is 11.9 Å². The summed E-state index contributed by atoms with van der Waals surface area (Å²) < 4.78 is 29.4. The maximum Gasteiger partial charge on any atom is 0.319 e. The van der Waals surface area contributed by atoms with Crippen LogP contribution in [0.25, 0.3) is 22.5 Å². The standard InChI is InChI=1S/C33H37FN6O3S/c34-21-13-33(8-3-9-38(33)16-21)19-43-32-36-28-12-29(27-11-25(41)10-20-4-1-2-5-26(20)27)40(22-6-7-22)44-30(28)31(37-32)39-23-14-35-15-24(39)18-42-17-23/h1-2,4-5,10-12,21-24,35,41H,3,6-9,13-19H2/t21-,23?,24?,33+/m1/s1. The summed E-state index contributed by atoms with van der Waals surface area (Å²) >= 11 is 1.71. The minimum atomic E-state index is -0.813. The zero-order chi connectivity index (χ0) is 29.4. The molecular formula is C33H37FN6O3S. The molecule has 2 aromatic carbocycles. The Kier molecular flexibility index (Phi) is 6.48. The first-order valence-corrected chi connectivity index (χ1v) is 16.7. The van der Waals surface area contributed by atoms with Crippen LogP contribution in [0.2, 0.25) is 0 Å². The molecule has 6 heterocycles. The Balaban J connectivity index is 1.17. The number of piperazine rings is 1. The van der Waals surface area contributed by atoms with Crippen molar-refractivity contribution in [3.8, 4) is 11.8 Å². The molecule has 9 rings (SSSR count). The molecule has 0 spiro atoms. The van der Waals surface area contributed by atoms with Crippen molar-refractivity contribution in [1.82, 2.24) is 24.5 Å². The van der Waals surface area contributed by atoms with E-state index in [4.69, 9.17) is 19.4 Å². The zero-order valence-corrected chi connectivity index (χ0v) is 25.4. The predicted molar refractivity (Wildman–Crippen MR) is 169 cm³/mol. The second-order valence-electron chi connectivity index (χ2n) is 13.2. The second-order valence-corrected chi connectivity index (χ2v) is 14.2. The van der Waals surface area contributed by atoms with Crippen LogP contribution in [0.5, 0.6) is 11.8 Å². The Morgan fingerprint density at radius 1 is 1.11 bits per heavy atom. The van der Waals surface area contributed by atoms with E-state index in [1.54, 1.807) is 11.9 Å². The average molecular weight is 617 g/mol. The molecule has 9 nitrogen and oxygen atoms in total. The molecule has 2 N–H and O–H groups in total. The molecule has 230 valence electrons. The Bertz CT molecular complexity index is 1630. The van der Waals surface area contributed by atoms with E-state index in [9.17, 15) is 9.50 Å². The van der Waals surface area contributed by atoms with Crippen molar-refractivity contribution in [2.75, 3.05) is 50.9 Å². The minimum absolute atomic E-state index is 0.163. The van der Waals surface area contributed by atoms with E-state index in [1.165, 1.54) is 0 Å². The summed E-state index contributed by atoms with van der Waals surface area (Å²) in [6.07, 6.45) is 6.09. The summed E-state index contributed by atoms with van der Waals surface area (Å²) in [4.78, 5) is 15.9. The van der Waals surface area contributed by atoms with Gasteiger partial charge in [-0.25, -0.2) is 4.39 Å². The molecule has 5 fully saturated rings. The van der Waals surface area contributed by atoms with Crippen molar-refractivity contribution in [3.05, 3.63) is 47.7 Å². The number of rotatable bonds is 6. The number of benzene rings is 2. The second kappa shape index (κ2) is 10.5. The SMILES string of the molecule is Oc1cc(C2=Cc3nc(OC[C@@]45CCCN4C[C@H](F)C5)nc(N4C5CNCC4COC5)c3SN2C2CC2)c2ccccc2c1. The highest BCUT2D eigenvalue weighted by atomic mass is 32.2. The van der Waals surface area contributed by atoms with Crippen LogP contribution in [-0.2, 0) is 4.74 Å². The van der Waals surface area contributed by atoms with Gasteiger partial charge >= 0.3 is 6.01 Å². The molecule has 2 unspecified atom stereocenters. The topological polar surface area (TPSA) is 86.2 Å². The van der Waals surface area contributed by atoms with Crippen molar-refractivity contribution < 1.29 is 19.0 Å². The van der Waals surface area contributed by atoms with Gasteiger partial charge in [-0.3, -0.25) is 4.90 Å². The summed E-state index contributed by atoms with van der Waals surface area (Å²) in [5.74, 6) is 1.14. The predicted octanol–water partition coefficient (Wildman–Crippen LogP) is 4.45. The smallest absolute Gasteiger partial charge is 0.319 e. The molecule has 0 radical (unpaired) electrons. The summed E-state index contributed by atoms with van der Waals surface area (Å²) in [6.45, 7) is 4.73. The maximum atomic E-state index is 14.5. The number of morpholine rings is 1. The van der Waals surface area contributed by atoms with Gasteiger partial charge in [0.15, 0.2) is 5.82 Å². The number of aromatic hydroxyl groups is 1. The average Bonchev–Trinajstić information content (AvgIpc) is 3.72. The molecule has 6 aliphatic rings. The van der Waals surface area contributed by atoms with Crippen LogP contribution in [-0.4, -0.2) is 100 Å². The lowest BCUT2D eigenvalue weighted by Crippen LogP contribution is -2.64. The number of hydrogen-bond acceptors (Lipinski definition) is 10. The molecule has 1 aliphatic carbocycles. The first-order valence-electron chi connectivity index (χ1n) is 16.0. The Morgan fingerprint density at radius 2 is 1.95 bits per heavy atom. The van der Waals surface area contributed by atoms with Crippen molar-refractivity contribution in [1.29, 1.82) is 0 Å². The number of nitrogens with zero attached hydrogens (tertiary/aromatic N) is 5. The normalized spacial score (nSPS) is 29.9. The molecule has 11 heteroatoms. The summed E-state index contributed by atoms with van der Waals surface area (Å²) in [5.41, 5.74) is 2.56. The monoisotopic (exact) mass is 616 g/mol. The van der Waals surface area contributed by atoms with E-state index in [1.807, 2.05) is 30.3 Å². The molecule has 1 saturated carbocycles. The fourth-order valence-electron chi connectivity index (χ4n) is 8.01. The first kappa shape index (κ1) is 27.2. The molecular weight excluding hydrogens is 579 g/mol. The number of phenols is 1. The molecule has 1 aromatic heterocycles. The quantitative estimate of drug-likeness (QED) is 0.388. The highest BCUT2D eigenvalue weighted by molar-refractivity contribution is 7.97. The third-order valence-electron chi connectivity index (χ3n) is 10.2. The third kappa shape index (κ3) is 4.54. The number of nitrogens with one attached hydrogen (secondary N) is 1. The van der Waals surface area contributed by atoms with Crippen LogP contribution in [0.1, 0.15) is 43.4 Å². The van der Waals surface area contributed by atoms with E-state index in [-0.39, 0.29) is 23.4 Å². The molecule has 44 heavy (non-hydrogen) atoms. The summed E-state index contributed by atoms with van der Waals surface area (Å²) in [6, 6.07) is 13.0. The van der Waals surface area contributed by atoms with Crippen molar-refractivity contribution in [2.24, 2.45) is 0 Å². The van der Waals surface area contributed by atoms with Gasteiger partial charge in [-0.15, -0.1) is 0 Å². The number of phenolic OH excluding ortho intramolecular Hbond substituents is 1. The number of halogens is 1. The molecule has 5 aliphatic heterocycles. The van der Waals surface area contributed by atoms with E-state index in [2.05, 4.69) is 31.6 Å². The van der Waals surface area contributed by atoms with Gasteiger partial charge in [0.25, 0.3) is 0 Å². The zero-order valence-electron chi connectivity index (χ0n) is 24.6. The van der Waals surface area contributed by atoms with Gasteiger partial charge in [-0.1, -0.05) is 24.3 Å². The van der Waals surface area contributed by atoms with Gasteiger partial charge in [-0.2, -0.15) is 9.97 Å². The van der Waals surface area contributed by atoms with Gasteiger partial charge in [0, 0.05) is 37.7 Å². The Morgan fingerprint density at radius 3 is 2.80 bits per heavy atom. The number of ether oxygens (including phenoxy) is 2. The summed E-state index contributed by atoms with van der Waals surface area (Å²) in [5, 5.41) is 16.4. The highest BCUT2D eigenvalue weighted by Gasteiger charge is 2.50. The number of alkyl halides is 1. The maximum absolute atomic E-state index is 14.5. The van der Waals surface area contributed by atoms with Gasteiger partial charge in [-0.05, 0) is 73.2 Å². The van der Waals surface area contributed by atoms with Crippen molar-refractivity contribution in [2.45, 2.75) is 66.8 Å².